The van der Waals surface area contributed by atoms with Gasteiger partial charge in [0.05, 0.1) is 17.8 Å². The molecule has 2 saturated heterocycles. The molecule has 2 fully saturated rings. The zero-order valence-electron chi connectivity index (χ0n) is 26.5. The van der Waals surface area contributed by atoms with E-state index in [2.05, 4.69) is 50.6 Å². The van der Waals surface area contributed by atoms with Crippen LogP contribution in [-0.4, -0.2) is 78.3 Å². The third-order valence-corrected chi connectivity index (χ3v) is 7.27. The van der Waals surface area contributed by atoms with Crippen molar-refractivity contribution in [1.29, 1.82) is 0 Å². The van der Waals surface area contributed by atoms with E-state index in [4.69, 9.17) is 18.8 Å². The molecule has 42 heavy (non-hydrogen) atoms. The highest BCUT2D eigenvalue weighted by atomic mass is 16.7. The normalized spacial score (nSPS) is 21.5. The largest absolute Gasteiger partial charge is 0.460 e. The van der Waals surface area contributed by atoms with Crippen LogP contribution in [0.25, 0.3) is 0 Å². The summed E-state index contributed by atoms with van der Waals surface area (Å²) in [7, 11) is 0.00458. The Labute approximate surface area is 250 Å². The molecule has 0 aliphatic carbocycles. The Bertz CT molecular complexity index is 1000. The van der Waals surface area contributed by atoms with Crippen LogP contribution in [-0.2, 0) is 35.0 Å². The lowest BCUT2D eigenvalue weighted by atomic mass is 9.82. The van der Waals surface area contributed by atoms with Crippen LogP contribution in [0, 0.1) is 0 Å². The number of carbonyl (C=O) groups excluding carboxylic acids is 3. The first-order chi connectivity index (χ1) is 19.6. The number of aliphatic hydroxyl groups excluding tert-OH is 1. The Morgan fingerprint density at radius 1 is 1.12 bits per heavy atom. The number of ether oxygens (including phenoxy) is 2. The Hall–Kier alpha value is -2.67. The van der Waals surface area contributed by atoms with Crippen LogP contribution in [0.2, 0.25) is 6.32 Å². The summed E-state index contributed by atoms with van der Waals surface area (Å²) in [5.74, 6) is -0.945. The van der Waals surface area contributed by atoms with Crippen molar-refractivity contribution in [3.05, 3.63) is 35.9 Å². The molecule has 1 aromatic rings. The van der Waals surface area contributed by atoms with E-state index in [0.717, 1.165) is 11.9 Å². The molecule has 3 rings (SSSR count). The molecule has 2 aliphatic rings. The summed E-state index contributed by atoms with van der Waals surface area (Å²) in [5, 5.41) is 17.5. The van der Waals surface area contributed by atoms with Gasteiger partial charge in [0.2, 0.25) is 5.91 Å². The fourth-order valence-corrected chi connectivity index (χ4v) is 4.25. The van der Waals surface area contributed by atoms with Gasteiger partial charge >= 0.3 is 19.2 Å². The topological polar surface area (TPSA) is 144 Å². The number of alkyl carbamates (subject to hydrolysis) is 1. The van der Waals surface area contributed by atoms with E-state index < -0.39 is 42.3 Å². The number of nitrogens with one attached hydrogen (secondary N) is 3. The second kappa shape index (κ2) is 15.7. The molecular formula is C30H50BN3O8. The van der Waals surface area contributed by atoms with Gasteiger partial charge in [0.15, 0.2) is 0 Å². The lowest BCUT2D eigenvalue weighted by molar-refractivity contribution is -0.147. The van der Waals surface area contributed by atoms with Gasteiger partial charge in [0.25, 0.3) is 0 Å². The van der Waals surface area contributed by atoms with Crippen LogP contribution in [0.5, 0.6) is 0 Å². The van der Waals surface area contributed by atoms with Crippen molar-refractivity contribution in [3.8, 4) is 0 Å². The number of esters is 1. The van der Waals surface area contributed by atoms with Gasteiger partial charge in [0.1, 0.15) is 24.3 Å². The van der Waals surface area contributed by atoms with Crippen molar-refractivity contribution in [1.82, 2.24) is 16.0 Å². The molecule has 2 amide bonds. The summed E-state index contributed by atoms with van der Waals surface area (Å²) >= 11 is 0. The van der Waals surface area contributed by atoms with Crippen molar-refractivity contribution >= 4 is 25.1 Å². The first-order valence-electron chi connectivity index (χ1n) is 14.8. The van der Waals surface area contributed by atoms with Gasteiger partial charge in [-0.25, -0.2) is 4.79 Å². The highest BCUT2D eigenvalue weighted by Gasteiger charge is 2.50. The van der Waals surface area contributed by atoms with Gasteiger partial charge in [-0.05, 0) is 66.8 Å². The van der Waals surface area contributed by atoms with Gasteiger partial charge in [-0.1, -0.05) is 50.1 Å². The van der Waals surface area contributed by atoms with Crippen LogP contribution in [0.3, 0.4) is 0 Å². The van der Waals surface area contributed by atoms with Crippen molar-refractivity contribution in [2.75, 3.05) is 13.2 Å². The first-order valence-corrected chi connectivity index (χ1v) is 14.8. The minimum absolute atomic E-state index is 0.00458. The number of amides is 2. The van der Waals surface area contributed by atoms with E-state index >= 15 is 0 Å². The third kappa shape index (κ3) is 11.5. The molecular weight excluding hydrogens is 541 g/mol. The number of carbonyl (C=O) groups is 3. The highest BCUT2D eigenvalue weighted by molar-refractivity contribution is 6.45. The predicted molar refractivity (Wildman–Crippen MR) is 161 cm³/mol. The second-order valence-corrected chi connectivity index (χ2v) is 12.7. The lowest BCUT2D eigenvalue weighted by Gasteiger charge is -2.32. The van der Waals surface area contributed by atoms with E-state index in [1.807, 2.05) is 30.3 Å². The maximum atomic E-state index is 12.3. The number of rotatable bonds is 10. The number of benzene rings is 1. The van der Waals surface area contributed by atoms with E-state index in [9.17, 15) is 19.5 Å². The van der Waals surface area contributed by atoms with Crippen molar-refractivity contribution < 1.29 is 38.3 Å². The van der Waals surface area contributed by atoms with E-state index in [1.54, 1.807) is 20.8 Å². The minimum atomic E-state index is -1.14. The zero-order chi connectivity index (χ0) is 31.6. The fourth-order valence-electron chi connectivity index (χ4n) is 4.25. The first kappa shape index (κ1) is 35.5. The van der Waals surface area contributed by atoms with E-state index in [0.29, 0.717) is 13.0 Å². The average Bonchev–Trinajstić information content (AvgIpc) is 3.44. The molecule has 2 aliphatic heterocycles. The molecule has 11 nitrogen and oxygen atoms in total. The molecule has 0 saturated carbocycles. The second-order valence-electron chi connectivity index (χ2n) is 12.7. The maximum absolute atomic E-state index is 12.3. The fraction of sp³-hybridized carbons (Fsp3) is 0.700. The third-order valence-electron chi connectivity index (χ3n) is 7.27. The predicted octanol–water partition coefficient (Wildman–Crippen LogP) is 3.34. The quantitative estimate of drug-likeness (QED) is 0.238. The van der Waals surface area contributed by atoms with Crippen LogP contribution in [0.15, 0.2) is 30.3 Å². The van der Waals surface area contributed by atoms with Crippen LogP contribution in [0.4, 0.5) is 4.79 Å². The molecule has 0 spiro atoms. The average molecular weight is 592 g/mol. The Kier molecular flexibility index (Phi) is 13.3. The molecule has 0 bridgehead atoms. The van der Waals surface area contributed by atoms with Crippen molar-refractivity contribution in [3.63, 3.8) is 0 Å². The summed E-state index contributed by atoms with van der Waals surface area (Å²) in [6.07, 6.45) is 2.95. The Balaban J connectivity index is 0.000000395. The summed E-state index contributed by atoms with van der Waals surface area (Å²) in [6.45, 7) is 15.6. The molecule has 236 valence electrons. The number of unbranched alkanes of at least 4 members (excludes halogenated alkanes) is 1. The van der Waals surface area contributed by atoms with Crippen molar-refractivity contribution in [2.45, 2.75) is 123 Å². The molecule has 0 aromatic heterocycles. The van der Waals surface area contributed by atoms with Gasteiger partial charge in [0, 0.05) is 12.6 Å². The van der Waals surface area contributed by atoms with Crippen molar-refractivity contribution in [2.24, 2.45) is 0 Å². The lowest BCUT2D eigenvalue weighted by Crippen LogP contribution is -2.52. The maximum Gasteiger partial charge on any atom is 0.457 e. The van der Waals surface area contributed by atoms with Crippen LogP contribution >= 0.6 is 0 Å². The Morgan fingerprint density at radius 3 is 2.29 bits per heavy atom. The summed E-state index contributed by atoms with van der Waals surface area (Å²) in [6, 6.07) is 7.34. The van der Waals surface area contributed by atoms with Gasteiger partial charge in [-0.15, -0.1) is 0 Å². The van der Waals surface area contributed by atoms with E-state index in [1.165, 1.54) is 12.8 Å². The molecule has 3 atom stereocenters. The van der Waals surface area contributed by atoms with Crippen LogP contribution < -0.4 is 16.0 Å². The van der Waals surface area contributed by atoms with Gasteiger partial charge in [-0.2, -0.15) is 0 Å². The molecule has 1 aromatic carbocycles. The highest BCUT2D eigenvalue weighted by Crippen LogP contribution is 2.38. The number of hydrogen-bond acceptors (Lipinski definition) is 9. The van der Waals surface area contributed by atoms with E-state index in [-0.39, 0.29) is 31.0 Å². The van der Waals surface area contributed by atoms with Gasteiger partial charge < -0.3 is 39.8 Å². The monoisotopic (exact) mass is 591 g/mol. The molecule has 0 radical (unpaired) electrons. The number of hydrogen-bond donors (Lipinski definition) is 4. The molecule has 4 N–H and O–H groups in total. The van der Waals surface area contributed by atoms with Gasteiger partial charge in [-0.3, -0.25) is 9.59 Å². The SMILES string of the molecule is CC(C)(C)OC(=O)NC(CO)C(=O)NC1CNC(C(=O)OCc2ccccc2)C1.CCCCB1OC(C)(C)C(C)(C)O1. The zero-order valence-corrected chi connectivity index (χ0v) is 26.5. The number of aliphatic hydroxyl groups is 1. The minimum Gasteiger partial charge on any atom is -0.460 e. The smallest absolute Gasteiger partial charge is 0.457 e. The van der Waals surface area contributed by atoms with Crippen LogP contribution in [0.1, 0.15) is 80.2 Å². The summed E-state index contributed by atoms with van der Waals surface area (Å²) < 4.78 is 22.1. The summed E-state index contributed by atoms with van der Waals surface area (Å²) in [5.41, 5.74) is -0.150. The summed E-state index contributed by atoms with van der Waals surface area (Å²) in [4.78, 5) is 36.3. The Morgan fingerprint density at radius 2 is 1.74 bits per heavy atom. The molecule has 3 unspecified atom stereocenters. The molecule has 2 heterocycles. The molecule has 12 heteroatoms. The standard InChI is InChI=1S/C20H29N3O6.C10H21BO2/c1-20(2,3)29-19(27)23-16(11-24)17(25)22-14-9-15(21-10-14)18(26)28-12-13-7-5-4-6-8-13;1-6-7-8-11-12-9(2,3)10(4,5)13-11/h4-8,14-16,21,24H,9-12H2,1-3H3,(H,22,25)(H,23,27);6-8H2,1-5H3.